The number of aliphatic hydroxyl groups excluding tert-OH is 2. The van der Waals surface area contributed by atoms with Gasteiger partial charge in [0.2, 0.25) is 0 Å². The predicted octanol–water partition coefficient (Wildman–Crippen LogP) is 3.71. The van der Waals surface area contributed by atoms with Crippen molar-refractivity contribution >= 4 is 22.6 Å². The number of H-pyrrole nitrogens is 1. The molecule has 192 valence electrons. The van der Waals surface area contributed by atoms with Gasteiger partial charge in [0.15, 0.2) is 6.10 Å². The number of aliphatic hydroxyl groups is 2. The third-order valence-electron chi connectivity index (χ3n) is 6.97. The van der Waals surface area contributed by atoms with E-state index >= 15 is 0 Å². The highest BCUT2D eigenvalue weighted by Crippen LogP contribution is 2.34. The number of aromatic amines is 1. The summed E-state index contributed by atoms with van der Waals surface area (Å²) in [5.41, 5.74) is 6.69. The molecule has 4 atom stereocenters. The first kappa shape index (κ1) is 24.4. The average Bonchev–Trinajstić information content (AvgIpc) is 3.50. The normalized spacial score (nSPS) is 24.0. The summed E-state index contributed by atoms with van der Waals surface area (Å²) in [6, 6.07) is 20.8. The number of nitrogens with one attached hydrogen (secondary N) is 2. The minimum Gasteiger partial charge on any atom is -0.456 e. The molecular formula is C28H28ClN3O5. The standard InChI is InChI=1S/C28H28ClN3O5/c29-21-12-23-22(31-28(32-23)37-26-15-36-25(14-33)27(26)34)11-20(21)18-5-1-16(2-6-18)17-3-7-19(8-4-17)24-13-30-9-10-35-24/h1-8,11-12,24-27,30,33-34H,9-10,13-15H2,(H,31,32)/t24?,25-,26-,27?/m1/s1. The first-order chi connectivity index (χ1) is 18.1. The van der Waals surface area contributed by atoms with Crippen molar-refractivity contribution in [3.63, 3.8) is 0 Å². The van der Waals surface area contributed by atoms with Crippen molar-refractivity contribution in [2.75, 3.05) is 32.9 Å². The Bertz CT molecular complexity index is 1370. The topological polar surface area (TPSA) is 109 Å². The number of hydrogen-bond acceptors (Lipinski definition) is 7. The van der Waals surface area contributed by atoms with Gasteiger partial charge >= 0.3 is 0 Å². The van der Waals surface area contributed by atoms with Crippen LogP contribution in [0.1, 0.15) is 11.7 Å². The first-order valence-corrected chi connectivity index (χ1v) is 12.8. The molecule has 8 nitrogen and oxygen atoms in total. The highest BCUT2D eigenvalue weighted by Gasteiger charge is 2.37. The second kappa shape index (κ2) is 10.4. The molecule has 9 heteroatoms. The summed E-state index contributed by atoms with van der Waals surface area (Å²) in [4.78, 5) is 7.61. The van der Waals surface area contributed by atoms with Crippen LogP contribution in [0.25, 0.3) is 33.3 Å². The number of rotatable bonds is 6. The number of morpholine rings is 1. The number of aromatic nitrogens is 2. The van der Waals surface area contributed by atoms with E-state index in [0.29, 0.717) is 10.5 Å². The first-order valence-electron chi connectivity index (χ1n) is 12.4. The number of imidazole rings is 1. The van der Waals surface area contributed by atoms with E-state index in [1.54, 1.807) is 0 Å². The smallest absolute Gasteiger partial charge is 0.295 e. The Kier molecular flexibility index (Phi) is 6.86. The molecule has 3 heterocycles. The quantitative estimate of drug-likeness (QED) is 0.306. The van der Waals surface area contributed by atoms with E-state index in [4.69, 9.17) is 25.8 Å². The summed E-state index contributed by atoms with van der Waals surface area (Å²) in [5, 5.41) is 23.4. The van der Waals surface area contributed by atoms with E-state index in [1.165, 1.54) is 5.56 Å². The number of fused-ring (bicyclic) bond motifs is 1. The number of hydrogen-bond donors (Lipinski definition) is 4. The largest absolute Gasteiger partial charge is 0.456 e. The highest BCUT2D eigenvalue weighted by molar-refractivity contribution is 6.34. The summed E-state index contributed by atoms with van der Waals surface area (Å²) in [6.07, 6.45) is -2.09. The molecule has 6 rings (SSSR count). The molecule has 0 spiro atoms. The van der Waals surface area contributed by atoms with Gasteiger partial charge < -0.3 is 34.7 Å². The van der Waals surface area contributed by atoms with Crippen LogP contribution in [0.3, 0.4) is 0 Å². The maximum atomic E-state index is 10.2. The van der Waals surface area contributed by atoms with Crippen molar-refractivity contribution in [2.24, 2.45) is 0 Å². The Hall–Kier alpha value is -2.98. The highest BCUT2D eigenvalue weighted by atomic mass is 35.5. The zero-order chi connectivity index (χ0) is 25.4. The summed E-state index contributed by atoms with van der Waals surface area (Å²) in [6.45, 7) is 2.38. The minimum atomic E-state index is -0.926. The molecule has 2 saturated heterocycles. The van der Waals surface area contributed by atoms with Gasteiger partial charge in [0.25, 0.3) is 6.01 Å². The lowest BCUT2D eigenvalue weighted by atomic mass is 9.98. The summed E-state index contributed by atoms with van der Waals surface area (Å²) >= 11 is 6.63. The Morgan fingerprint density at radius 1 is 1.00 bits per heavy atom. The molecule has 2 aliphatic heterocycles. The molecule has 4 N–H and O–H groups in total. The zero-order valence-corrected chi connectivity index (χ0v) is 20.8. The molecule has 2 unspecified atom stereocenters. The Morgan fingerprint density at radius 2 is 1.73 bits per heavy atom. The van der Waals surface area contributed by atoms with Crippen LogP contribution in [0, 0.1) is 0 Å². The van der Waals surface area contributed by atoms with Crippen LogP contribution in [-0.2, 0) is 9.47 Å². The fourth-order valence-corrected chi connectivity index (χ4v) is 5.13. The lowest BCUT2D eigenvalue weighted by Crippen LogP contribution is -2.36. The lowest BCUT2D eigenvalue weighted by Gasteiger charge is -2.24. The van der Waals surface area contributed by atoms with Crippen molar-refractivity contribution in [1.29, 1.82) is 0 Å². The summed E-state index contributed by atoms with van der Waals surface area (Å²) in [7, 11) is 0. The van der Waals surface area contributed by atoms with Gasteiger partial charge in [-0.3, -0.25) is 0 Å². The monoisotopic (exact) mass is 521 g/mol. The van der Waals surface area contributed by atoms with Gasteiger partial charge in [-0.15, -0.1) is 0 Å². The van der Waals surface area contributed by atoms with Gasteiger partial charge in [0.05, 0.1) is 42.0 Å². The maximum absolute atomic E-state index is 10.2. The van der Waals surface area contributed by atoms with E-state index in [1.807, 2.05) is 12.1 Å². The third kappa shape index (κ3) is 4.96. The van der Waals surface area contributed by atoms with Crippen molar-refractivity contribution in [3.05, 3.63) is 71.2 Å². The van der Waals surface area contributed by atoms with Crippen molar-refractivity contribution in [1.82, 2.24) is 15.3 Å². The van der Waals surface area contributed by atoms with Gasteiger partial charge in [-0.05, 0) is 34.4 Å². The Balaban J connectivity index is 1.19. The molecule has 0 amide bonds. The molecular weight excluding hydrogens is 494 g/mol. The van der Waals surface area contributed by atoms with Crippen molar-refractivity contribution in [3.8, 4) is 28.3 Å². The third-order valence-corrected chi connectivity index (χ3v) is 7.28. The fourth-order valence-electron chi connectivity index (χ4n) is 4.86. The SMILES string of the molecule is OC[C@H]1OC[C@@H](Oc2nc3cc(-c4ccc(-c5ccc(C6CNCCO6)cc5)cc4)c(Cl)cc3[nH]2)C1O. The Labute approximate surface area is 219 Å². The van der Waals surface area contributed by atoms with Crippen LogP contribution in [0.5, 0.6) is 6.01 Å². The number of benzene rings is 3. The summed E-state index contributed by atoms with van der Waals surface area (Å²) < 4.78 is 17.0. The van der Waals surface area contributed by atoms with Gasteiger partial charge in [-0.25, -0.2) is 0 Å². The molecule has 0 aliphatic carbocycles. The predicted molar refractivity (Wildman–Crippen MR) is 141 cm³/mol. The second-order valence-corrected chi connectivity index (χ2v) is 9.76. The van der Waals surface area contributed by atoms with E-state index in [2.05, 4.69) is 63.8 Å². The molecule has 0 saturated carbocycles. The van der Waals surface area contributed by atoms with Crippen LogP contribution in [0.2, 0.25) is 5.02 Å². The van der Waals surface area contributed by atoms with Crippen LogP contribution in [0.4, 0.5) is 0 Å². The fraction of sp³-hybridized carbons (Fsp3) is 0.321. The van der Waals surface area contributed by atoms with Gasteiger partial charge in [0, 0.05) is 18.7 Å². The van der Waals surface area contributed by atoms with Crippen molar-refractivity contribution < 1.29 is 24.4 Å². The van der Waals surface area contributed by atoms with E-state index in [-0.39, 0.29) is 25.3 Å². The molecule has 4 aromatic rings. The van der Waals surface area contributed by atoms with E-state index in [9.17, 15) is 10.2 Å². The van der Waals surface area contributed by atoms with Crippen LogP contribution < -0.4 is 10.1 Å². The van der Waals surface area contributed by atoms with Gasteiger partial charge in [-0.2, -0.15) is 4.98 Å². The molecule has 37 heavy (non-hydrogen) atoms. The number of ether oxygens (including phenoxy) is 3. The second-order valence-electron chi connectivity index (χ2n) is 9.36. The van der Waals surface area contributed by atoms with E-state index < -0.39 is 18.3 Å². The zero-order valence-electron chi connectivity index (χ0n) is 20.1. The molecule has 2 fully saturated rings. The molecule has 0 bridgehead atoms. The minimum absolute atomic E-state index is 0.101. The number of halogens is 1. The van der Waals surface area contributed by atoms with Crippen LogP contribution in [-0.4, -0.2) is 71.4 Å². The molecule has 2 aliphatic rings. The van der Waals surface area contributed by atoms with Gasteiger partial charge in [-0.1, -0.05) is 60.1 Å². The summed E-state index contributed by atoms with van der Waals surface area (Å²) in [5.74, 6) is 0. The molecule has 3 aromatic carbocycles. The van der Waals surface area contributed by atoms with E-state index in [0.717, 1.165) is 47.5 Å². The van der Waals surface area contributed by atoms with Crippen LogP contribution in [0.15, 0.2) is 60.7 Å². The van der Waals surface area contributed by atoms with Gasteiger partial charge in [0.1, 0.15) is 12.2 Å². The number of nitrogens with zero attached hydrogens (tertiary/aromatic N) is 1. The molecule has 0 radical (unpaired) electrons. The Morgan fingerprint density at radius 3 is 2.41 bits per heavy atom. The van der Waals surface area contributed by atoms with Crippen molar-refractivity contribution in [2.45, 2.75) is 24.4 Å². The lowest BCUT2D eigenvalue weighted by molar-refractivity contribution is -0.00390. The average molecular weight is 522 g/mol. The van der Waals surface area contributed by atoms with Crippen LogP contribution >= 0.6 is 11.6 Å². The molecule has 1 aromatic heterocycles. The maximum Gasteiger partial charge on any atom is 0.295 e.